The number of nitrogens with two attached hydrogens (primary N) is 1. The number of hydrogen-bond donors (Lipinski definition) is 1. The number of amides is 1. The predicted octanol–water partition coefficient (Wildman–Crippen LogP) is 3.28. The Balaban J connectivity index is 2.03. The Morgan fingerprint density at radius 2 is 2.24 bits per heavy atom. The first-order valence-electron chi connectivity index (χ1n) is 6.47. The highest BCUT2D eigenvalue weighted by molar-refractivity contribution is 8.18. The highest BCUT2D eigenvalue weighted by Gasteiger charge is 2.19. The summed E-state index contributed by atoms with van der Waals surface area (Å²) in [6.45, 7) is 2.12. The molecule has 0 saturated carbocycles. The second kappa shape index (κ2) is 5.91. The lowest BCUT2D eigenvalue weighted by atomic mass is 10.1. The molecule has 0 bridgehead atoms. The second-order valence-corrected chi connectivity index (χ2v) is 6.75. The van der Waals surface area contributed by atoms with Crippen LogP contribution in [0.15, 0.2) is 45.3 Å². The van der Waals surface area contributed by atoms with Crippen molar-refractivity contribution < 1.29 is 4.79 Å². The zero-order chi connectivity index (χ0) is 14.8. The molecule has 3 rings (SSSR count). The molecule has 1 aromatic carbocycles. The van der Waals surface area contributed by atoms with E-state index >= 15 is 0 Å². The van der Waals surface area contributed by atoms with Gasteiger partial charge in [-0.1, -0.05) is 13.0 Å². The third kappa shape index (κ3) is 2.96. The van der Waals surface area contributed by atoms with Crippen molar-refractivity contribution in [3.05, 3.63) is 40.9 Å². The van der Waals surface area contributed by atoms with Crippen LogP contribution in [0.3, 0.4) is 0 Å². The summed E-state index contributed by atoms with van der Waals surface area (Å²) in [5.74, 6) is 0.732. The molecule has 21 heavy (non-hydrogen) atoms. The summed E-state index contributed by atoms with van der Waals surface area (Å²) in [4.78, 5) is 21.5. The molecule has 2 heterocycles. The lowest BCUT2D eigenvalue weighted by Gasteiger charge is -2.05. The van der Waals surface area contributed by atoms with Gasteiger partial charge in [0.15, 0.2) is 5.17 Å². The molecule has 0 unspecified atom stereocenters. The molecule has 0 saturated heterocycles. The number of rotatable bonds is 3. The van der Waals surface area contributed by atoms with Crippen LogP contribution in [0.25, 0.3) is 17.0 Å². The first-order valence-corrected chi connectivity index (χ1v) is 8.27. The molecule has 0 radical (unpaired) electrons. The van der Waals surface area contributed by atoms with Gasteiger partial charge in [0.05, 0.1) is 10.4 Å². The third-order valence-electron chi connectivity index (χ3n) is 2.96. The van der Waals surface area contributed by atoms with Crippen molar-refractivity contribution in [1.82, 2.24) is 4.98 Å². The molecular formula is C15H13N3OS2. The Kier molecular flexibility index (Phi) is 3.98. The van der Waals surface area contributed by atoms with Crippen LogP contribution in [0.5, 0.6) is 0 Å². The number of hydrogen-bond acceptors (Lipinski definition) is 5. The fourth-order valence-corrected chi connectivity index (χ4v) is 3.56. The van der Waals surface area contributed by atoms with E-state index in [-0.39, 0.29) is 5.91 Å². The Morgan fingerprint density at radius 3 is 2.95 bits per heavy atom. The van der Waals surface area contributed by atoms with Crippen LogP contribution in [-0.2, 0) is 4.79 Å². The summed E-state index contributed by atoms with van der Waals surface area (Å²) in [6.07, 6.45) is 3.65. The number of amidine groups is 1. The van der Waals surface area contributed by atoms with Crippen LogP contribution in [0, 0.1) is 0 Å². The Hall–Kier alpha value is -1.79. The van der Waals surface area contributed by atoms with E-state index in [1.165, 1.54) is 16.7 Å². The van der Waals surface area contributed by atoms with Gasteiger partial charge in [-0.2, -0.15) is 4.99 Å². The minimum absolute atomic E-state index is 0.271. The van der Waals surface area contributed by atoms with Gasteiger partial charge in [-0.15, -0.1) is 11.8 Å². The number of carbonyl (C=O) groups is 1. The quantitative estimate of drug-likeness (QED) is 0.695. The van der Waals surface area contributed by atoms with Gasteiger partial charge in [0.1, 0.15) is 0 Å². The molecule has 1 aliphatic heterocycles. The Bertz CT molecular complexity index is 784. The number of benzene rings is 1. The van der Waals surface area contributed by atoms with Crippen LogP contribution in [-0.4, -0.2) is 21.8 Å². The van der Waals surface area contributed by atoms with Crippen molar-refractivity contribution in [1.29, 1.82) is 0 Å². The molecule has 6 heteroatoms. The predicted molar refractivity (Wildman–Crippen MR) is 90.3 cm³/mol. The molecule has 1 amide bonds. The topological polar surface area (TPSA) is 68.3 Å². The van der Waals surface area contributed by atoms with Crippen molar-refractivity contribution in [2.24, 2.45) is 10.7 Å². The Morgan fingerprint density at radius 1 is 1.38 bits per heavy atom. The zero-order valence-electron chi connectivity index (χ0n) is 11.4. The molecule has 0 fully saturated rings. The molecular weight excluding hydrogens is 302 g/mol. The number of aliphatic imine (C=N–C) groups is 1. The summed E-state index contributed by atoms with van der Waals surface area (Å²) >= 11 is 2.99. The smallest absolute Gasteiger partial charge is 0.286 e. The maximum absolute atomic E-state index is 11.6. The summed E-state index contributed by atoms with van der Waals surface area (Å²) in [6, 6.07) is 7.99. The van der Waals surface area contributed by atoms with Crippen LogP contribution in [0.2, 0.25) is 0 Å². The molecule has 106 valence electrons. The standard InChI is InChI=1S/C15H13N3OS2/c1-2-20-12-5-6-17-11-4-3-9(7-10(11)12)8-13-14(19)18-15(16)21-13/h3-8H,2H2,1H3,(H2,16,18,19)/b13-8-. The summed E-state index contributed by atoms with van der Waals surface area (Å²) < 4.78 is 0. The van der Waals surface area contributed by atoms with Gasteiger partial charge >= 0.3 is 0 Å². The van der Waals surface area contributed by atoms with Crippen molar-refractivity contribution in [2.45, 2.75) is 11.8 Å². The number of thioether (sulfide) groups is 2. The SMILES string of the molecule is CCSc1ccnc2ccc(/C=C3\SC(N)=NC3=O)cc12. The maximum Gasteiger partial charge on any atom is 0.286 e. The first kappa shape index (κ1) is 14.2. The molecule has 0 aliphatic carbocycles. The van der Waals surface area contributed by atoms with Crippen molar-refractivity contribution in [3.8, 4) is 0 Å². The number of carbonyl (C=O) groups excluding carboxylic acids is 1. The van der Waals surface area contributed by atoms with Crippen molar-refractivity contribution in [3.63, 3.8) is 0 Å². The summed E-state index contributed by atoms with van der Waals surface area (Å²) in [5, 5.41) is 1.40. The van der Waals surface area contributed by atoms with E-state index < -0.39 is 0 Å². The zero-order valence-corrected chi connectivity index (χ0v) is 13.0. The van der Waals surface area contributed by atoms with E-state index in [0.717, 1.165) is 22.2 Å². The monoisotopic (exact) mass is 315 g/mol. The molecule has 2 aromatic rings. The van der Waals surface area contributed by atoms with Crippen LogP contribution < -0.4 is 5.73 Å². The van der Waals surface area contributed by atoms with E-state index in [4.69, 9.17) is 5.73 Å². The van der Waals surface area contributed by atoms with Gasteiger partial charge in [-0.25, -0.2) is 0 Å². The fourth-order valence-electron chi connectivity index (χ4n) is 2.09. The first-order chi connectivity index (χ1) is 10.2. The lowest BCUT2D eigenvalue weighted by molar-refractivity contribution is -0.113. The highest BCUT2D eigenvalue weighted by Crippen LogP contribution is 2.30. The van der Waals surface area contributed by atoms with Crippen molar-refractivity contribution >= 4 is 51.6 Å². The number of fused-ring (bicyclic) bond motifs is 1. The fraction of sp³-hybridized carbons (Fsp3) is 0.133. The van der Waals surface area contributed by atoms with Gasteiger partial charge < -0.3 is 5.73 Å². The maximum atomic E-state index is 11.6. The van der Waals surface area contributed by atoms with Crippen LogP contribution in [0.1, 0.15) is 12.5 Å². The van der Waals surface area contributed by atoms with Gasteiger partial charge in [0.25, 0.3) is 5.91 Å². The van der Waals surface area contributed by atoms with Gasteiger partial charge in [-0.3, -0.25) is 9.78 Å². The van der Waals surface area contributed by atoms with E-state index in [0.29, 0.717) is 10.1 Å². The van der Waals surface area contributed by atoms with E-state index in [9.17, 15) is 4.79 Å². The molecule has 2 N–H and O–H groups in total. The van der Waals surface area contributed by atoms with Gasteiger partial charge in [0, 0.05) is 16.5 Å². The van der Waals surface area contributed by atoms with Crippen molar-refractivity contribution in [2.75, 3.05) is 5.75 Å². The molecule has 1 aromatic heterocycles. The van der Waals surface area contributed by atoms with Gasteiger partial charge in [0.2, 0.25) is 0 Å². The second-order valence-electron chi connectivity index (χ2n) is 4.38. The minimum atomic E-state index is -0.271. The Labute approximate surface area is 130 Å². The third-order valence-corrected chi connectivity index (χ3v) is 4.73. The lowest BCUT2D eigenvalue weighted by Crippen LogP contribution is -2.01. The summed E-state index contributed by atoms with van der Waals surface area (Å²) in [5.41, 5.74) is 7.47. The number of aromatic nitrogens is 1. The largest absolute Gasteiger partial charge is 0.378 e. The van der Waals surface area contributed by atoms with E-state index in [1.807, 2.05) is 30.5 Å². The number of pyridine rings is 1. The van der Waals surface area contributed by atoms with Crippen LogP contribution >= 0.6 is 23.5 Å². The average molecular weight is 315 g/mol. The normalized spacial score (nSPS) is 16.7. The van der Waals surface area contributed by atoms with Gasteiger partial charge in [-0.05, 0) is 47.4 Å². The molecule has 0 atom stereocenters. The molecule has 0 spiro atoms. The molecule has 1 aliphatic rings. The average Bonchev–Trinajstić information content (AvgIpc) is 2.78. The summed E-state index contributed by atoms with van der Waals surface area (Å²) in [7, 11) is 0. The molecule has 4 nitrogen and oxygen atoms in total. The van der Waals surface area contributed by atoms with Crippen LogP contribution in [0.4, 0.5) is 0 Å². The number of nitrogens with zero attached hydrogens (tertiary/aromatic N) is 2. The minimum Gasteiger partial charge on any atom is -0.378 e. The highest BCUT2D eigenvalue weighted by atomic mass is 32.2. The van der Waals surface area contributed by atoms with E-state index in [2.05, 4.69) is 23.0 Å². The van der Waals surface area contributed by atoms with E-state index in [1.54, 1.807) is 11.8 Å².